The molecule has 17 heavy (non-hydrogen) atoms. The molecular formula is C12H14ClN3S. The summed E-state index contributed by atoms with van der Waals surface area (Å²) < 4.78 is 0. The molecule has 0 aliphatic heterocycles. The average molecular weight is 268 g/mol. The topological polar surface area (TPSA) is 42.2 Å². The van der Waals surface area contributed by atoms with Gasteiger partial charge in [-0.1, -0.05) is 11.6 Å². The summed E-state index contributed by atoms with van der Waals surface area (Å²) >= 11 is 7.57. The first-order chi connectivity index (χ1) is 8.15. The van der Waals surface area contributed by atoms with E-state index in [9.17, 15) is 0 Å². The van der Waals surface area contributed by atoms with Crippen molar-refractivity contribution < 1.29 is 0 Å². The van der Waals surface area contributed by atoms with Crippen molar-refractivity contribution in [3.63, 3.8) is 0 Å². The minimum Gasteiger partial charge on any atom is -0.398 e. The van der Waals surface area contributed by atoms with Crippen LogP contribution in [0.3, 0.4) is 0 Å². The average Bonchev–Trinajstić information content (AvgIpc) is 2.76. The highest BCUT2D eigenvalue weighted by Gasteiger charge is 2.06. The molecule has 0 saturated heterocycles. The van der Waals surface area contributed by atoms with Gasteiger partial charge in [-0.2, -0.15) is 0 Å². The SMILES string of the molecule is CN(Cc1cscn1)Cc1cc(Cl)ccc1N. The second kappa shape index (κ2) is 5.49. The van der Waals surface area contributed by atoms with Crippen LogP contribution in [0.2, 0.25) is 5.02 Å². The molecule has 0 radical (unpaired) electrons. The first-order valence-electron chi connectivity index (χ1n) is 5.24. The van der Waals surface area contributed by atoms with Gasteiger partial charge in [-0.3, -0.25) is 4.90 Å². The summed E-state index contributed by atoms with van der Waals surface area (Å²) in [6, 6.07) is 5.56. The molecule has 0 aliphatic rings. The number of anilines is 1. The lowest BCUT2D eigenvalue weighted by Crippen LogP contribution is -2.18. The third-order valence-electron chi connectivity index (χ3n) is 2.46. The molecule has 2 aromatic rings. The second-order valence-electron chi connectivity index (χ2n) is 4.00. The number of hydrogen-bond donors (Lipinski definition) is 1. The van der Waals surface area contributed by atoms with Crippen molar-refractivity contribution in [2.45, 2.75) is 13.1 Å². The van der Waals surface area contributed by atoms with E-state index >= 15 is 0 Å². The third kappa shape index (κ3) is 3.43. The smallest absolute Gasteiger partial charge is 0.0795 e. The summed E-state index contributed by atoms with van der Waals surface area (Å²) in [6.45, 7) is 1.58. The zero-order chi connectivity index (χ0) is 12.3. The van der Waals surface area contributed by atoms with Crippen LogP contribution in [0.4, 0.5) is 5.69 Å². The molecule has 0 fully saturated rings. The number of aromatic nitrogens is 1. The highest BCUT2D eigenvalue weighted by atomic mass is 35.5. The molecule has 90 valence electrons. The van der Waals surface area contributed by atoms with Gasteiger partial charge in [-0.25, -0.2) is 4.98 Å². The van der Waals surface area contributed by atoms with Gasteiger partial charge < -0.3 is 5.73 Å². The predicted octanol–water partition coefficient (Wildman–Crippen LogP) is 3.01. The Kier molecular flexibility index (Phi) is 3.99. The maximum Gasteiger partial charge on any atom is 0.0795 e. The minimum atomic E-state index is 0.719. The van der Waals surface area contributed by atoms with Gasteiger partial charge in [0.15, 0.2) is 0 Å². The first-order valence-corrected chi connectivity index (χ1v) is 6.57. The molecule has 0 unspecified atom stereocenters. The zero-order valence-electron chi connectivity index (χ0n) is 9.56. The van der Waals surface area contributed by atoms with Crippen molar-refractivity contribution in [3.8, 4) is 0 Å². The molecule has 0 spiro atoms. The van der Waals surface area contributed by atoms with Crippen molar-refractivity contribution >= 4 is 28.6 Å². The number of rotatable bonds is 4. The number of hydrogen-bond acceptors (Lipinski definition) is 4. The Morgan fingerprint density at radius 3 is 2.94 bits per heavy atom. The number of halogens is 1. The van der Waals surface area contributed by atoms with Gasteiger partial charge in [-0.15, -0.1) is 11.3 Å². The molecule has 0 saturated carbocycles. The van der Waals surface area contributed by atoms with Crippen LogP contribution in [0.25, 0.3) is 0 Å². The van der Waals surface area contributed by atoms with Gasteiger partial charge in [-0.05, 0) is 30.8 Å². The monoisotopic (exact) mass is 267 g/mol. The van der Waals surface area contributed by atoms with E-state index in [1.807, 2.05) is 24.7 Å². The van der Waals surface area contributed by atoms with Crippen LogP contribution in [-0.2, 0) is 13.1 Å². The van der Waals surface area contributed by atoms with E-state index in [1.165, 1.54) is 0 Å². The second-order valence-corrected chi connectivity index (χ2v) is 5.15. The van der Waals surface area contributed by atoms with E-state index < -0.39 is 0 Å². The lowest BCUT2D eigenvalue weighted by molar-refractivity contribution is 0.316. The number of benzene rings is 1. The highest BCUT2D eigenvalue weighted by Crippen LogP contribution is 2.19. The molecular weight excluding hydrogens is 254 g/mol. The molecule has 1 heterocycles. The van der Waals surface area contributed by atoms with Crippen LogP contribution in [-0.4, -0.2) is 16.9 Å². The Hall–Kier alpha value is -1.10. The highest BCUT2D eigenvalue weighted by molar-refractivity contribution is 7.07. The first kappa shape index (κ1) is 12.4. The minimum absolute atomic E-state index is 0.719. The number of thiazole rings is 1. The maximum absolute atomic E-state index is 5.96. The Bertz CT molecular complexity index is 485. The normalized spacial score (nSPS) is 11.0. The molecule has 1 aromatic carbocycles. The fourth-order valence-corrected chi connectivity index (χ4v) is 2.39. The molecule has 1 aromatic heterocycles. The molecule has 0 atom stereocenters. The van der Waals surface area contributed by atoms with Crippen LogP contribution in [0, 0.1) is 0 Å². The lowest BCUT2D eigenvalue weighted by Gasteiger charge is -2.16. The van der Waals surface area contributed by atoms with Crippen LogP contribution in [0.15, 0.2) is 29.1 Å². The van der Waals surface area contributed by atoms with Crippen molar-refractivity contribution in [2.75, 3.05) is 12.8 Å². The van der Waals surface area contributed by atoms with E-state index in [2.05, 4.69) is 15.3 Å². The van der Waals surface area contributed by atoms with Crippen molar-refractivity contribution in [1.82, 2.24) is 9.88 Å². The summed E-state index contributed by atoms with van der Waals surface area (Å²) in [5.74, 6) is 0. The lowest BCUT2D eigenvalue weighted by atomic mass is 10.1. The van der Waals surface area contributed by atoms with E-state index in [0.717, 1.165) is 35.1 Å². The van der Waals surface area contributed by atoms with Gasteiger partial charge in [0.2, 0.25) is 0 Å². The van der Waals surface area contributed by atoms with E-state index in [4.69, 9.17) is 17.3 Å². The van der Waals surface area contributed by atoms with Gasteiger partial charge in [0, 0.05) is 29.2 Å². The Balaban J connectivity index is 2.02. The van der Waals surface area contributed by atoms with Gasteiger partial charge in [0.1, 0.15) is 0 Å². The number of nitrogens with zero attached hydrogens (tertiary/aromatic N) is 2. The fraction of sp³-hybridized carbons (Fsp3) is 0.250. The molecule has 5 heteroatoms. The number of nitrogens with two attached hydrogens (primary N) is 1. The van der Waals surface area contributed by atoms with Crippen LogP contribution >= 0.6 is 22.9 Å². The fourth-order valence-electron chi connectivity index (χ4n) is 1.65. The quantitative estimate of drug-likeness (QED) is 0.866. The summed E-state index contributed by atoms with van der Waals surface area (Å²) in [4.78, 5) is 6.42. The van der Waals surface area contributed by atoms with E-state index in [0.29, 0.717) is 0 Å². The summed E-state index contributed by atoms with van der Waals surface area (Å²) in [5.41, 5.74) is 10.7. The summed E-state index contributed by atoms with van der Waals surface area (Å²) in [6.07, 6.45) is 0. The van der Waals surface area contributed by atoms with Crippen molar-refractivity contribution in [3.05, 3.63) is 45.4 Å². The van der Waals surface area contributed by atoms with Crippen LogP contribution in [0.5, 0.6) is 0 Å². The summed E-state index contributed by atoms with van der Waals surface area (Å²) in [7, 11) is 2.04. The molecule has 2 rings (SSSR count). The third-order valence-corrected chi connectivity index (χ3v) is 3.33. The van der Waals surface area contributed by atoms with Gasteiger partial charge >= 0.3 is 0 Å². The van der Waals surface area contributed by atoms with Crippen molar-refractivity contribution in [1.29, 1.82) is 0 Å². The number of nitrogen functional groups attached to an aromatic ring is 1. The summed E-state index contributed by atoms with van der Waals surface area (Å²) in [5, 5.41) is 2.77. The van der Waals surface area contributed by atoms with E-state index in [-0.39, 0.29) is 0 Å². The van der Waals surface area contributed by atoms with E-state index in [1.54, 1.807) is 17.4 Å². The molecule has 0 amide bonds. The predicted molar refractivity (Wildman–Crippen MR) is 73.1 cm³/mol. The maximum atomic E-state index is 5.96. The molecule has 0 aliphatic carbocycles. The molecule has 0 bridgehead atoms. The largest absolute Gasteiger partial charge is 0.398 e. The Labute approximate surface area is 110 Å². The van der Waals surface area contributed by atoms with Crippen LogP contribution < -0.4 is 5.73 Å². The Morgan fingerprint density at radius 2 is 2.24 bits per heavy atom. The van der Waals surface area contributed by atoms with Gasteiger partial charge in [0.25, 0.3) is 0 Å². The Morgan fingerprint density at radius 1 is 1.41 bits per heavy atom. The zero-order valence-corrected chi connectivity index (χ0v) is 11.1. The molecule has 3 nitrogen and oxygen atoms in total. The molecule has 2 N–H and O–H groups in total. The van der Waals surface area contributed by atoms with Crippen molar-refractivity contribution in [2.24, 2.45) is 0 Å². The van der Waals surface area contributed by atoms with Gasteiger partial charge in [0.05, 0.1) is 11.2 Å². The standard InChI is InChI=1S/C12H14ClN3S/c1-16(6-11-7-17-8-15-11)5-9-4-10(13)2-3-12(9)14/h2-4,7-8H,5-6,14H2,1H3. The van der Waals surface area contributed by atoms with Crippen LogP contribution in [0.1, 0.15) is 11.3 Å².